The Balaban J connectivity index is 2.46. The predicted molar refractivity (Wildman–Crippen MR) is 143 cm³/mol. The summed E-state index contributed by atoms with van der Waals surface area (Å²) in [5.74, 6) is -0.463. The van der Waals surface area contributed by atoms with Crippen molar-refractivity contribution in [2.75, 3.05) is 39.4 Å². The van der Waals surface area contributed by atoms with Crippen molar-refractivity contribution in [3.63, 3.8) is 0 Å². The summed E-state index contributed by atoms with van der Waals surface area (Å²) < 4.78 is 10.3. The number of rotatable bonds is 14. The highest BCUT2D eigenvalue weighted by molar-refractivity contribution is 6.45. The zero-order valence-electron chi connectivity index (χ0n) is 21.7. The van der Waals surface area contributed by atoms with Gasteiger partial charge in [0.2, 0.25) is 0 Å². The van der Waals surface area contributed by atoms with Gasteiger partial charge in [-0.2, -0.15) is 0 Å². The molecular weight excluding hydrogens is 503 g/mol. The standard InChI is InChI=1S/C27H36Cl2N2O5/c1-6-30(7-2)15-19-13-18(14-20(26(19)33)16-31(8-3)9-4)27(34)21-11-12-22(25(29)24(21)28)36-17-23(32)35-10-5/h11-14,33H,6-10,15-17H2,1-5H3. The fourth-order valence-corrected chi connectivity index (χ4v) is 4.28. The van der Waals surface area contributed by atoms with Crippen LogP contribution >= 0.6 is 23.2 Å². The molecule has 0 atom stereocenters. The molecule has 2 aromatic rings. The topological polar surface area (TPSA) is 79.3 Å². The number of phenols is 1. The zero-order chi connectivity index (χ0) is 26.8. The quantitative estimate of drug-likeness (QED) is 0.249. The van der Waals surface area contributed by atoms with Gasteiger partial charge in [-0.15, -0.1) is 0 Å². The lowest BCUT2D eigenvalue weighted by Gasteiger charge is -2.23. The maximum atomic E-state index is 13.6. The summed E-state index contributed by atoms with van der Waals surface area (Å²) in [4.78, 5) is 29.5. The van der Waals surface area contributed by atoms with E-state index in [-0.39, 0.29) is 46.1 Å². The Labute approximate surface area is 223 Å². The average Bonchev–Trinajstić information content (AvgIpc) is 2.88. The molecule has 0 aliphatic heterocycles. The van der Waals surface area contributed by atoms with Gasteiger partial charge in [0.1, 0.15) is 16.5 Å². The van der Waals surface area contributed by atoms with E-state index < -0.39 is 5.97 Å². The molecule has 0 bridgehead atoms. The predicted octanol–water partition coefficient (Wildman–Crippen LogP) is 5.56. The van der Waals surface area contributed by atoms with E-state index in [9.17, 15) is 14.7 Å². The molecule has 0 unspecified atom stereocenters. The minimum absolute atomic E-state index is 0.0340. The van der Waals surface area contributed by atoms with Crippen LogP contribution in [0.2, 0.25) is 10.0 Å². The molecule has 1 N–H and O–H groups in total. The largest absolute Gasteiger partial charge is 0.507 e. The van der Waals surface area contributed by atoms with Crippen molar-refractivity contribution in [3.8, 4) is 11.5 Å². The third-order valence-corrected chi connectivity index (χ3v) is 6.91. The molecular formula is C27H36Cl2N2O5. The fourth-order valence-electron chi connectivity index (χ4n) is 3.82. The second kappa shape index (κ2) is 14.4. The Morgan fingerprint density at radius 2 is 1.39 bits per heavy atom. The first-order chi connectivity index (χ1) is 17.2. The smallest absolute Gasteiger partial charge is 0.344 e. The van der Waals surface area contributed by atoms with Crippen molar-refractivity contribution in [3.05, 3.63) is 56.6 Å². The van der Waals surface area contributed by atoms with Crippen LogP contribution in [0, 0.1) is 0 Å². The van der Waals surface area contributed by atoms with Gasteiger partial charge in [-0.25, -0.2) is 4.79 Å². The van der Waals surface area contributed by atoms with Gasteiger partial charge in [-0.1, -0.05) is 50.9 Å². The van der Waals surface area contributed by atoms with Crippen molar-refractivity contribution >= 4 is 35.0 Å². The third-order valence-electron chi connectivity index (χ3n) is 6.05. The van der Waals surface area contributed by atoms with E-state index in [1.54, 1.807) is 19.1 Å². The van der Waals surface area contributed by atoms with Gasteiger partial charge in [-0.3, -0.25) is 14.6 Å². The number of carbonyl (C=O) groups excluding carboxylic acids is 2. The van der Waals surface area contributed by atoms with Crippen molar-refractivity contribution < 1.29 is 24.2 Å². The number of carbonyl (C=O) groups is 2. The average molecular weight is 540 g/mol. The number of benzene rings is 2. The SMILES string of the molecule is CCOC(=O)COc1ccc(C(=O)c2cc(CN(CC)CC)c(O)c(CN(CC)CC)c2)c(Cl)c1Cl. The van der Waals surface area contributed by atoms with Gasteiger partial charge in [0.15, 0.2) is 12.4 Å². The number of halogens is 2. The lowest BCUT2D eigenvalue weighted by Crippen LogP contribution is -2.24. The summed E-state index contributed by atoms with van der Waals surface area (Å²) in [6.45, 7) is 14.1. The zero-order valence-corrected chi connectivity index (χ0v) is 23.2. The fraction of sp³-hybridized carbons (Fsp3) is 0.481. The van der Waals surface area contributed by atoms with Crippen molar-refractivity contribution in [1.29, 1.82) is 0 Å². The maximum absolute atomic E-state index is 13.6. The first-order valence-electron chi connectivity index (χ1n) is 12.3. The molecule has 2 aromatic carbocycles. The Hall–Kier alpha value is -2.32. The number of ketones is 1. The molecule has 2 rings (SSSR count). The van der Waals surface area contributed by atoms with E-state index >= 15 is 0 Å². The lowest BCUT2D eigenvalue weighted by molar-refractivity contribution is -0.145. The van der Waals surface area contributed by atoms with E-state index in [4.69, 9.17) is 32.7 Å². The van der Waals surface area contributed by atoms with Crippen LogP contribution in [-0.4, -0.2) is 66.1 Å². The van der Waals surface area contributed by atoms with Gasteiger partial charge >= 0.3 is 5.97 Å². The number of aromatic hydroxyl groups is 1. The number of esters is 1. The van der Waals surface area contributed by atoms with Crippen molar-refractivity contribution in [2.24, 2.45) is 0 Å². The van der Waals surface area contributed by atoms with Gasteiger partial charge in [0.25, 0.3) is 0 Å². The molecule has 9 heteroatoms. The highest BCUT2D eigenvalue weighted by Gasteiger charge is 2.22. The monoisotopic (exact) mass is 538 g/mol. The van der Waals surface area contributed by atoms with Crippen LogP contribution < -0.4 is 4.74 Å². The highest BCUT2D eigenvalue weighted by atomic mass is 35.5. The molecule has 0 aliphatic carbocycles. The van der Waals surface area contributed by atoms with Crippen LogP contribution in [0.3, 0.4) is 0 Å². The molecule has 0 radical (unpaired) electrons. The van der Waals surface area contributed by atoms with Gasteiger partial charge in [0.05, 0.1) is 11.6 Å². The van der Waals surface area contributed by atoms with E-state index in [2.05, 4.69) is 37.5 Å². The minimum atomic E-state index is -0.532. The molecule has 0 spiro atoms. The molecule has 7 nitrogen and oxygen atoms in total. The van der Waals surface area contributed by atoms with Crippen LogP contribution in [0.25, 0.3) is 0 Å². The first kappa shape index (κ1) is 29.9. The number of hydrogen-bond acceptors (Lipinski definition) is 7. The summed E-state index contributed by atoms with van der Waals surface area (Å²) in [5, 5.41) is 11.1. The summed E-state index contributed by atoms with van der Waals surface area (Å²) in [7, 11) is 0. The first-order valence-corrected chi connectivity index (χ1v) is 13.1. The second-order valence-corrected chi connectivity index (χ2v) is 8.98. The Bertz CT molecular complexity index is 1020. The molecule has 0 amide bonds. The Morgan fingerprint density at radius 3 is 1.86 bits per heavy atom. The molecule has 0 saturated heterocycles. The number of nitrogens with zero attached hydrogens (tertiary/aromatic N) is 2. The minimum Gasteiger partial charge on any atom is -0.507 e. The van der Waals surface area contributed by atoms with Crippen LogP contribution in [0.1, 0.15) is 61.7 Å². The molecule has 36 heavy (non-hydrogen) atoms. The number of phenolic OH excluding ortho intramolecular Hbond substituents is 1. The molecule has 198 valence electrons. The van der Waals surface area contributed by atoms with Crippen LogP contribution in [0.15, 0.2) is 24.3 Å². The second-order valence-electron chi connectivity index (χ2n) is 8.23. The summed E-state index contributed by atoms with van der Waals surface area (Å²) in [6, 6.07) is 6.47. The van der Waals surface area contributed by atoms with Crippen molar-refractivity contribution in [2.45, 2.75) is 47.7 Å². The Kier molecular flexibility index (Phi) is 12.0. The van der Waals surface area contributed by atoms with Crippen LogP contribution in [0.5, 0.6) is 11.5 Å². The van der Waals surface area contributed by atoms with Gasteiger partial charge < -0.3 is 14.6 Å². The highest BCUT2D eigenvalue weighted by Crippen LogP contribution is 2.37. The molecule has 0 saturated carbocycles. The molecule has 0 aromatic heterocycles. The van der Waals surface area contributed by atoms with E-state index in [0.717, 1.165) is 26.2 Å². The normalized spacial score (nSPS) is 11.2. The van der Waals surface area contributed by atoms with Gasteiger partial charge in [0, 0.05) is 35.3 Å². The molecule has 0 fully saturated rings. The number of hydrogen-bond donors (Lipinski definition) is 1. The van der Waals surface area contributed by atoms with E-state index in [0.29, 0.717) is 29.8 Å². The Morgan fingerprint density at radius 1 is 0.861 bits per heavy atom. The lowest BCUT2D eigenvalue weighted by atomic mass is 9.96. The molecule has 0 heterocycles. The summed E-state index contributed by atoms with van der Waals surface area (Å²) in [6.07, 6.45) is 0. The number of ether oxygens (including phenoxy) is 2. The van der Waals surface area contributed by atoms with Gasteiger partial charge in [-0.05, 0) is 57.4 Å². The van der Waals surface area contributed by atoms with Crippen LogP contribution in [0.4, 0.5) is 0 Å². The molecule has 0 aliphatic rings. The third kappa shape index (κ3) is 7.59. The maximum Gasteiger partial charge on any atom is 0.344 e. The summed E-state index contributed by atoms with van der Waals surface area (Å²) in [5.41, 5.74) is 1.99. The summed E-state index contributed by atoms with van der Waals surface area (Å²) >= 11 is 12.9. The van der Waals surface area contributed by atoms with E-state index in [1.165, 1.54) is 12.1 Å². The van der Waals surface area contributed by atoms with Crippen LogP contribution in [-0.2, 0) is 22.6 Å². The van der Waals surface area contributed by atoms with Crippen molar-refractivity contribution in [1.82, 2.24) is 9.80 Å². The van der Waals surface area contributed by atoms with E-state index in [1.807, 2.05) is 0 Å².